The summed E-state index contributed by atoms with van der Waals surface area (Å²) in [5.41, 5.74) is 0. The first kappa shape index (κ1) is 64.9. The third kappa shape index (κ3) is 49.3. The van der Waals surface area contributed by atoms with E-state index in [0.717, 1.165) is 38.5 Å². The number of ether oxygens (including phenoxy) is 1. The van der Waals surface area contributed by atoms with E-state index in [1.807, 2.05) is 0 Å². The lowest BCUT2D eigenvalue weighted by Gasteiger charge is -2.24. The van der Waals surface area contributed by atoms with Crippen LogP contribution in [-0.2, 0) is 14.3 Å². The minimum absolute atomic E-state index is 0.0888. The first-order valence-electron chi connectivity index (χ1n) is 30.3. The average Bonchev–Trinajstić information content (AvgIpc) is 3.31. The van der Waals surface area contributed by atoms with Crippen molar-refractivity contribution in [2.24, 2.45) is 0 Å². The molecule has 0 aliphatic heterocycles. The van der Waals surface area contributed by atoms with Crippen LogP contribution in [0.25, 0.3) is 0 Å². The molecule has 0 fully saturated rings. The molecular weight excluding hydrogens is 815 g/mol. The van der Waals surface area contributed by atoms with E-state index in [0.29, 0.717) is 19.3 Å². The second kappa shape index (κ2) is 54.8. The summed E-state index contributed by atoms with van der Waals surface area (Å²) in [4.78, 5) is 26.3. The molecule has 0 spiro atoms. The predicted molar refractivity (Wildman–Crippen MR) is 287 cm³/mol. The Labute approximate surface area is 413 Å². The van der Waals surface area contributed by atoms with E-state index in [2.05, 4.69) is 26.1 Å². The predicted octanol–water partition coefficient (Wildman–Crippen LogP) is 18.7. The van der Waals surface area contributed by atoms with Crippen molar-refractivity contribution in [3.05, 3.63) is 0 Å². The van der Waals surface area contributed by atoms with Crippen molar-refractivity contribution in [3.8, 4) is 0 Å². The number of rotatable bonds is 56. The molecule has 0 aromatic carbocycles. The lowest BCUT2D eigenvalue weighted by Crippen LogP contribution is -2.46. The second-order valence-corrected chi connectivity index (χ2v) is 21.1. The lowest BCUT2D eigenvalue weighted by atomic mass is 10.0. The Morgan fingerprint density at radius 1 is 0.379 bits per heavy atom. The minimum atomic E-state index is -0.780. The first-order chi connectivity index (χ1) is 32.5. The van der Waals surface area contributed by atoms with Gasteiger partial charge >= 0.3 is 5.97 Å². The molecule has 0 radical (unpaired) electrons. The Bertz CT molecular complexity index is 959. The van der Waals surface area contributed by atoms with E-state index in [1.54, 1.807) is 0 Å². The standard InChI is InChI=1S/C60H119NO5/c1-4-7-10-13-16-19-22-25-28-29-30-32-35-38-41-44-47-50-53-60(65)66-56(51-48-45-42-39-36-33-27-24-21-18-15-12-9-6-3)54-59(64)61-57(55-62)58(63)52-49-46-43-40-37-34-31-26-23-20-17-14-11-8-5-2/h56-58,62-63H,4-55H2,1-3H3,(H,61,64). The fraction of sp³-hybridized carbons (Fsp3) is 0.967. The summed E-state index contributed by atoms with van der Waals surface area (Å²) in [5.74, 6) is -0.442. The smallest absolute Gasteiger partial charge is 0.306 e. The molecule has 3 N–H and O–H groups in total. The number of aliphatic hydroxyl groups excluding tert-OH is 2. The summed E-state index contributed by atoms with van der Waals surface area (Å²) < 4.78 is 5.98. The molecule has 1 amide bonds. The van der Waals surface area contributed by atoms with Crippen molar-refractivity contribution < 1.29 is 24.5 Å². The van der Waals surface area contributed by atoms with Gasteiger partial charge in [-0.1, -0.05) is 310 Å². The molecule has 0 heterocycles. The summed E-state index contributed by atoms with van der Waals surface area (Å²) >= 11 is 0. The molecule has 0 saturated carbocycles. The van der Waals surface area contributed by atoms with Crippen LogP contribution in [0.5, 0.6) is 0 Å². The maximum atomic E-state index is 13.3. The molecule has 3 atom stereocenters. The zero-order chi connectivity index (χ0) is 48.1. The Balaban J connectivity index is 4.45. The zero-order valence-electron chi connectivity index (χ0n) is 45.1. The van der Waals surface area contributed by atoms with E-state index in [-0.39, 0.29) is 24.9 Å². The lowest BCUT2D eigenvalue weighted by molar-refractivity contribution is -0.151. The van der Waals surface area contributed by atoms with E-state index in [1.165, 1.54) is 263 Å². The normalized spacial score (nSPS) is 13.0. The SMILES string of the molecule is CCCCCCCCCCCCCCCCCCCCC(=O)OC(CCCCCCCCCCCCCCCC)CC(=O)NC(CO)C(O)CCCCCCCCCCCCCCCCC. The quantitative estimate of drug-likeness (QED) is 0.0417. The van der Waals surface area contributed by atoms with Gasteiger partial charge in [0.1, 0.15) is 6.10 Å². The molecule has 3 unspecified atom stereocenters. The van der Waals surface area contributed by atoms with Gasteiger partial charge in [0.15, 0.2) is 0 Å². The molecule has 0 aromatic heterocycles. The topological polar surface area (TPSA) is 95.9 Å². The van der Waals surface area contributed by atoms with Crippen LogP contribution in [-0.4, -0.2) is 46.9 Å². The van der Waals surface area contributed by atoms with Crippen molar-refractivity contribution >= 4 is 11.9 Å². The number of unbranched alkanes of at least 4 members (excludes halogenated alkanes) is 44. The third-order valence-corrected chi connectivity index (χ3v) is 14.4. The molecule has 66 heavy (non-hydrogen) atoms. The highest BCUT2D eigenvalue weighted by Crippen LogP contribution is 2.20. The van der Waals surface area contributed by atoms with Gasteiger partial charge in [-0.15, -0.1) is 0 Å². The molecule has 0 aliphatic carbocycles. The number of hydrogen-bond acceptors (Lipinski definition) is 5. The number of nitrogens with one attached hydrogen (secondary N) is 1. The van der Waals surface area contributed by atoms with Gasteiger partial charge in [-0.05, 0) is 25.7 Å². The van der Waals surface area contributed by atoms with Gasteiger partial charge in [0.2, 0.25) is 5.91 Å². The molecule has 0 rings (SSSR count). The Morgan fingerprint density at radius 3 is 0.924 bits per heavy atom. The van der Waals surface area contributed by atoms with E-state index < -0.39 is 18.2 Å². The number of carbonyl (C=O) groups is 2. The van der Waals surface area contributed by atoms with Crippen molar-refractivity contribution in [3.63, 3.8) is 0 Å². The summed E-state index contributed by atoms with van der Waals surface area (Å²) in [6.07, 6.45) is 61.7. The largest absolute Gasteiger partial charge is 0.462 e. The van der Waals surface area contributed by atoms with Crippen molar-refractivity contribution in [1.82, 2.24) is 5.32 Å². The van der Waals surface area contributed by atoms with E-state index >= 15 is 0 Å². The Hall–Kier alpha value is -1.14. The Kier molecular flexibility index (Phi) is 53.8. The zero-order valence-corrected chi connectivity index (χ0v) is 45.1. The van der Waals surface area contributed by atoms with Crippen LogP contribution in [0.4, 0.5) is 0 Å². The van der Waals surface area contributed by atoms with Gasteiger partial charge < -0.3 is 20.3 Å². The molecule has 0 bridgehead atoms. The molecule has 0 saturated heterocycles. The van der Waals surface area contributed by atoms with Gasteiger partial charge in [0.25, 0.3) is 0 Å². The molecule has 6 nitrogen and oxygen atoms in total. The molecule has 394 valence electrons. The van der Waals surface area contributed by atoms with E-state index in [4.69, 9.17) is 4.74 Å². The van der Waals surface area contributed by atoms with Crippen LogP contribution < -0.4 is 5.32 Å². The Morgan fingerprint density at radius 2 is 0.636 bits per heavy atom. The number of esters is 1. The van der Waals surface area contributed by atoms with Crippen LogP contribution >= 0.6 is 0 Å². The molecule has 0 aliphatic rings. The average molecular weight is 935 g/mol. The van der Waals surface area contributed by atoms with E-state index in [9.17, 15) is 19.8 Å². The first-order valence-corrected chi connectivity index (χ1v) is 30.3. The van der Waals surface area contributed by atoms with Gasteiger partial charge in [0, 0.05) is 6.42 Å². The fourth-order valence-electron chi connectivity index (χ4n) is 9.85. The highest BCUT2D eigenvalue weighted by molar-refractivity contribution is 5.77. The van der Waals surface area contributed by atoms with Crippen LogP contribution in [0.3, 0.4) is 0 Å². The summed E-state index contributed by atoms with van der Waals surface area (Å²) in [6.45, 7) is 6.55. The number of hydrogen-bond donors (Lipinski definition) is 3. The van der Waals surface area contributed by atoms with Crippen LogP contribution in [0.1, 0.15) is 348 Å². The molecule has 6 heteroatoms. The van der Waals surface area contributed by atoms with Crippen molar-refractivity contribution in [1.29, 1.82) is 0 Å². The third-order valence-electron chi connectivity index (χ3n) is 14.4. The highest BCUT2D eigenvalue weighted by Gasteiger charge is 2.24. The van der Waals surface area contributed by atoms with Gasteiger partial charge in [0.05, 0.1) is 25.2 Å². The monoisotopic (exact) mass is 934 g/mol. The van der Waals surface area contributed by atoms with Crippen LogP contribution in [0.15, 0.2) is 0 Å². The van der Waals surface area contributed by atoms with Crippen LogP contribution in [0.2, 0.25) is 0 Å². The van der Waals surface area contributed by atoms with Crippen molar-refractivity contribution in [2.75, 3.05) is 6.61 Å². The fourth-order valence-corrected chi connectivity index (χ4v) is 9.85. The van der Waals surface area contributed by atoms with Gasteiger partial charge in [-0.3, -0.25) is 9.59 Å². The summed E-state index contributed by atoms with van der Waals surface area (Å²) in [7, 11) is 0. The number of carbonyl (C=O) groups excluding carboxylic acids is 2. The second-order valence-electron chi connectivity index (χ2n) is 21.1. The number of aliphatic hydroxyl groups is 2. The minimum Gasteiger partial charge on any atom is -0.462 e. The molecular formula is C60H119NO5. The number of amides is 1. The maximum Gasteiger partial charge on any atom is 0.306 e. The summed E-state index contributed by atoms with van der Waals surface area (Å²) in [5, 5.41) is 23.9. The van der Waals surface area contributed by atoms with Gasteiger partial charge in [-0.25, -0.2) is 0 Å². The maximum absolute atomic E-state index is 13.3. The summed E-state index contributed by atoms with van der Waals surface area (Å²) in [6, 6.07) is -0.693. The highest BCUT2D eigenvalue weighted by atomic mass is 16.5. The van der Waals surface area contributed by atoms with Gasteiger partial charge in [-0.2, -0.15) is 0 Å². The van der Waals surface area contributed by atoms with Crippen molar-refractivity contribution in [2.45, 2.75) is 366 Å². The molecule has 0 aromatic rings. The van der Waals surface area contributed by atoms with Crippen LogP contribution in [0, 0.1) is 0 Å².